The van der Waals surface area contributed by atoms with E-state index in [0.717, 1.165) is 23.6 Å². The Balaban J connectivity index is 2.14. The minimum Gasteiger partial charge on any atom is -0.497 e. The van der Waals surface area contributed by atoms with Gasteiger partial charge in [-0.1, -0.05) is 12.1 Å². The van der Waals surface area contributed by atoms with Crippen molar-refractivity contribution in [1.29, 1.82) is 0 Å². The van der Waals surface area contributed by atoms with Gasteiger partial charge in [0, 0.05) is 11.9 Å². The van der Waals surface area contributed by atoms with Crippen LogP contribution in [0.3, 0.4) is 0 Å². The summed E-state index contributed by atoms with van der Waals surface area (Å²) in [5.41, 5.74) is 2.05. The summed E-state index contributed by atoms with van der Waals surface area (Å²) in [4.78, 5) is 4.39. The first-order valence-electron chi connectivity index (χ1n) is 6.26. The maximum absolute atomic E-state index is 5.15. The molecule has 19 heavy (non-hydrogen) atoms. The van der Waals surface area contributed by atoms with Crippen molar-refractivity contribution in [1.82, 2.24) is 4.98 Å². The van der Waals surface area contributed by atoms with Crippen molar-refractivity contribution in [3.05, 3.63) is 67.0 Å². The lowest BCUT2D eigenvalue weighted by Crippen LogP contribution is -2.11. The predicted octanol–water partition coefficient (Wildman–Crippen LogP) is 3.82. The van der Waals surface area contributed by atoms with E-state index in [1.165, 1.54) is 0 Å². The number of pyridine rings is 1. The van der Waals surface area contributed by atoms with Gasteiger partial charge in [-0.2, -0.15) is 0 Å². The van der Waals surface area contributed by atoms with Gasteiger partial charge in [0.2, 0.25) is 0 Å². The normalized spacial score (nSPS) is 11.6. The van der Waals surface area contributed by atoms with Gasteiger partial charge in [0.25, 0.3) is 0 Å². The highest BCUT2D eigenvalue weighted by atomic mass is 16.5. The molecule has 1 N–H and O–H groups in total. The maximum atomic E-state index is 5.15. The fourth-order valence-corrected chi connectivity index (χ4v) is 1.89. The number of methoxy groups -OCH3 is 1. The van der Waals surface area contributed by atoms with Crippen molar-refractivity contribution in [3.63, 3.8) is 0 Å². The third-order valence-corrected chi connectivity index (χ3v) is 2.88. The number of benzene rings is 1. The van der Waals surface area contributed by atoms with Crippen LogP contribution in [0.1, 0.15) is 18.2 Å². The Morgan fingerprint density at radius 3 is 2.63 bits per heavy atom. The molecule has 1 heterocycles. The molecule has 0 spiro atoms. The van der Waals surface area contributed by atoms with Gasteiger partial charge >= 0.3 is 0 Å². The first-order valence-corrected chi connectivity index (χ1v) is 6.26. The number of ether oxygens (including phenoxy) is 1. The third kappa shape index (κ3) is 3.58. The highest BCUT2D eigenvalue weighted by Crippen LogP contribution is 2.23. The van der Waals surface area contributed by atoms with Crippen molar-refractivity contribution in [2.45, 2.75) is 12.5 Å². The summed E-state index contributed by atoms with van der Waals surface area (Å²) in [6.07, 6.45) is 4.53. The summed E-state index contributed by atoms with van der Waals surface area (Å²) >= 11 is 0. The zero-order chi connectivity index (χ0) is 13.5. The van der Waals surface area contributed by atoms with Crippen LogP contribution in [0.15, 0.2) is 61.3 Å². The molecule has 0 saturated carbocycles. The molecule has 0 aliphatic heterocycles. The second kappa shape index (κ2) is 6.59. The Hall–Kier alpha value is -2.29. The van der Waals surface area contributed by atoms with Crippen molar-refractivity contribution >= 4 is 5.69 Å². The lowest BCUT2D eigenvalue weighted by atomic mass is 10.1. The molecule has 0 aliphatic rings. The van der Waals surface area contributed by atoms with Gasteiger partial charge < -0.3 is 10.1 Å². The first-order chi connectivity index (χ1) is 9.33. The van der Waals surface area contributed by atoms with Gasteiger partial charge in [-0.05, 0) is 42.8 Å². The van der Waals surface area contributed by atoms with Crippen molar-refractivity contribution in [2.24, 2.45) is 0 Å². The van der Waals surface area contributed by atoms with E-state index < -0.39 is 0 Å². The van der Waals surface area contributed by atoms with Crippen molar-refractivity contribution in [2.75, 3.05) is 12.4 Å². The Morgan fingerprint density at radius 1 is 1.26 bits per heavy atom. The molecule has 1 atom stereocenters. The standard InChI is InChI=1S/C16H18N2O/c1-3-6-16(15-7-4-5-12-17-15)18-13-8-10-14(19-2)11-9-13/h3-5,7-12,16,18H,1,6H2,2H3. The number of hydrogen-bond donors (Lipinski definition) is 1. The summed E-state index contributed by atoms with van der Waals surface area (Å²) in [6.45, 7) is 3.81. The average Bonchev–Trinajstić information content (AvgIpc) is 2.48. The first kappa shape index (κ1) is 13.1. The molecule has 0 aliphatic carbocycles. The highest BCUT2D eigenvalue weighted by molar-refractivity contribution is 5.48. The van der Waals surface area contributed by atoms with Gasteiger partial charge in [-0.15, -0.1) is 6.58 Å². The number of aromatic nitrogens is 1. The number of anilines is 1. The fourth-order valence-electron chi connectivity index (χ4n) is 1.89. The lowest BCUT2D eigenvalue weighted by Gasteiger charge is -2.18. The van der Waals surface area contributed by atoms with Crippen molar-refractivity contribution < 1.29 is 4.74 Å². The van der Waals surface area contributed by atoms with E-state index in [9.17, 15) is 0 Å². The van der Waals surface area contributed by atoms with E-state index in [1.54, 1.807) is 13.3 Å². The summed E-state index contributed by atoms with van der Waals surface area (Å²) in [5.74, 6) is 0.851. The van der Waals surface area contributed by atoms with Gasteiger partial charge in [0.15, 0.2) is 0 Å². The maximum Gasteiger partial charge on any atom is 0.119 e. The molecular weight excluding hydrogens is 236 g/mol. The summed E-state index contributed by atoms with van der Waals surface area (Å²) in [6, 6.07) is 13.9. The van der Waals surface area contributed by atoms with Gasteiger partial charge in [-0.3, -0.25) is 4.98 Å². The molecule has 98 valence electrons. The smallest absolute Gasteiger partial charge is 0.119 e. The van der Waals surface area contributed by atoms with Crippen LogP contribution in [0.4, 0.5) is 5.69 Å². The second-order valence-corrected chi connectivity index (χ2v) is 4.20. The Bertz CT molecular complexity index is 508. The van der Waals surface area contributed by atoms with Crippen LogP contribution in [0.2, 0.25) is 0 Å². The topological polar surface area (TPSA) is 34.1 Å². The molecule has 0 amide bonds. The molecule has 0 bridgehead atoms. The number of nitrogens with one attached hydrogen (secondary N) is 1. The quantitative estimate of drug-likeness (QED) is 0.796. The molecule has 2 aromatic rings. The van der Waals surface area contributed by atoms with Crippen LogP contribution in [0.5, 0.6) is 5.75 Å². The largest absolute Gasteiger partial charge is 0.497 e. The summed E-state index contributed by atoms with van der Waals surface area (Å²) in [7, 11) is 1.66. The molecule has 3 nitrogen and oxygen atoms in total. The molecule has 0 fully saturated rings. The highest BCUT2D eigenvalue weighted by Gasteiger charge is 2.10. The number of nitrogens with zero attached hydrogens (tertiary/aromatic N) is 1. The minimum atomic E-state index is 0.132. The Labute approximate surface area is 114 Å². The van der Waals surface area contributed by atoms with Crippen molar-refractivity contribution in [3.8, 4) is 5.75 Å². The molecule has 1 unspecified atom stereocenters. The predicted molar refractivity (Wildman–Crippen MR) is 78.4 cm³/mol. The molecule has 1 aromatic heterocycles. The van der Waals surface area contributed by atoms with E-state index in [0.29, 0.717) is 0 Å². The van der Waals surface area contributed by atoms with Gasteiger partial charge in [0.05, 0.1) is 18.8 Å². The summed E-state index contributed by atoms with van der Waals surface area (Å²) < 4.78 is 5.15. The lowest BCUT2D eigenvalue weighted by molar-refractivity contribution is 0.415. The summed E-state index contributed by atoms with van der Waals surface area (Å²) in [5, 5.41) is 3.46. The molecule has 0 saturated heterocycles. The zero-order valence-corrected chi connectivity index (χ0v) is 11.0. The van der Waals surface area contributed by atoms with Crippen LogP contribution in [0, 0.1) is 0 Å². The van der Waals surface area contributed by atoms with Gasteiger partial charge in [-0.25, -0.2) is 0 Å². The van der Waals surface area contributed by atoms with Gasteiger partial charge in [0.1, 0.15) is 5.75 Å². The molecular formula is C16H18N2O. The van der Waals surface area contributed by atoms with E-state index in [1.807, 2.05) is 48.5 Å². The van der Waals surface area contributed by atoms with E-state index in [2.05, 4.69) is 16.9 Å². The van der Waals surface area contributed by atoms with Crippen LogP contribution >= 0.6 is 0 Å². The van der Waals surface area contributed by atoms with E-state index >= 15 is 0 Å². The van der Waals surface area contributed by atoms with Crippen LogP contribution in [-0.4, -0.2) is 12.1 Å². The third-order valence-electron chi connectivity index (χ3n) is 2.88. The number of hydrogen-bond acceptors (Lipinski definition) is 3. The SMILES string of the molecule is C=CCC(Nc1ccc(OC)cc1)c1ccccn1. The zero-order valence-electron chi connectivity index (χ0n) is 11.0. The van der Waals surface area contributed by atoms with Crippen LogP contribution < -0.4 is 10.1 Å². The average molecular weight is 254 g/mol. The molecule has 0 radical (unpaired) electrons. The Morgan fingerprint density at radius 2 is 2.05 bits per heavy atom. The Kier molecular flexibility index (Phi) is 4.56. The molecule has 3 heteroatoms. The van der Waals surface area contributed by atoms with Crippen LogP contribution in [-0.2, 0) is 0 Å². The second-order valence-electron chi connectivity index (χ2n) is 4.20. The van der Waals surface area contributed by atoms with Crippen LogP contribution in [0.25, 0.3) is 0 Å². The number of rotatable bonds is 6. The minimum absolute atomic E-state index is 0.132. The van der Waals surface area contributed by atoms with E-state index in [4.69, 9.17) is 4.74 Å². The monoisotopic (exact) mass is 254 g/mol. The fraction of sp³-hybridized carbons (Fsp3) is 0.188. The van der Waals surface area contributed by atoms with E-state index in [-0.39, 0.29) is 6.04 Å². The molecule has 2 rings (SSSR count). The molecule has 1 aromatic carbocycles.